The van der Waals surface area contributed by atoms with Gasteiger partial charge in [0.1, 0.15) is 22.8 Å². The molecule has 7 heteroatoms. The summed E-state index contributed by atoms with van der Waals surface area (Å²) >= 11 is 6.16. The number of hydrogen-bond acceptors (Lipinski definition) is 4. The average molecular weight is 364 g/mol. The number of fused-ring (bicyclic) bond motifs is 1. The van der Waals surface area contributed by atoms with Crippen molar-refractivity contribution >= 4 is 17.5 Å². The van der Waals surface area contributed by atoms with Gasteiger partial charge in [0.2, 0.25) is 0 Å². The van der Waals surface area contributed by atoms with Crippen LogP contribution in [0.15, 0.2) is 12.1 Å². The highest BCUT2D eigenvalue weighted by Gasteiger charge is 2.23. The first kappa shape index (κ1) is 17.6. The summed E-state index contributed by atoms with van der Waals surface area (Å²) < 4.78 is 13.0. The van der Waals surface area contributed by atoms with Crippen molar-refractivity contribution < 1.29 is 14.3 Å². The minimum absolute atomic E-state index is 0.158. The lowest BCUT2D eigenvalue weighted by Gasteiger charge is -2.13. The molecule has 1 aliphatic heterocycles. The van der Waals surface area contributed by atoms with E-state index in [0.29, 0.717) is 29.6 Å². The van der Waals surface area contributed by atoms with Crippen LogP contribution in [0.1, 0.15) is 41.0 Å². The Morgan fingerprint density at radius 2 is 2.28 bits per heavy atom. The molecule has 1 atom stereocenters. The monoisotopic (exact) mass is 363 g/mol. The van der Waals surface area contributed by atoms with Gasteiger partial charge in [-0.25, -0.2) is 0 Å². The van der Waals surface area contributed by atoms with E-state index in [9.17, 15) is 4.79 Å². The van der Waals surface area contributed by atoms with Crippen LogP contribution in [0.4, 0.5) is 0 Å². The number of carbonyl (C=O) groups is 1. The van der Waals surface area contributed by atoms with Crippen molar-refractivity contribution in [1.29, 1.82) is 0 Å². The number of hydrogen-bond donors (Lipinski definition) is 1. The molecule has 1 N–H and O–H groups in total. The molecule has 0 fully saturated rings. The number of nitrogens with one attached hydrogen (secondary N) is 1. The summed E-state index contributed by atoms with van der Waals surface area (Å²) in [7, 11) is 1.71. The van der Waals surface area contributed by atoms with Crippen molar-refractivity contribution in [1.82, 2.24) is 15.1 Å². The summed E-state index contributed by atoms with van der Waals surface area (Å²) in [6, 6.07) is 3.95. The summed E-state index contributed by atoms with van der Waals surface area (Å²) in [6.07, 6.45) is 1.03. The van der Waals surface area contributed by atoms with E-state index in [2.05, 4.69) is 10.4 Å². The van der Waals surface area contributed by atoms with Gasteiger partial charge in [-0.05, 0) is 32.9 Å². The number of halogens is 1. The van der Waals surface area contributed by atoms with Crippen LogP contribution in [-0.4, -0.2) is 28.4 Å². The maximum Gasteiger partial charge on any atom is 0.256 e. The van der Waals surface area contributed by atoms with Crippen LogP contribution in [0.5, 0.6) is 11.5 Å². The quantitative estimate of drug-likeness (QED) is 0.886. The second-order valence-corrected chi connectivity index (χ2v) is 6.55. The van der Waals surface area contributed by atoms with Gasteiger partial charge in [0.25, 0.3) is 5.91 Å². The molecular weight excluding hydrogens is 342 g/mol. The first-order valence-corrected chi connectivity index (χ1v) is 8.71. The zero-order chi connectivity index (χ0) is 18.1. The smallest absolute Gasteiger partial charge is 0.256 e. The van der Waals surface area contributed by atoms with Crippen LogP contribution in [0.25, 0.3) is 0 Å². The number of amides is 1. The summed E-state index contributed by atoms with van der Waals surface area (Å²) in [5.41, 5.74) is 3.01. The first-order valence-electron chi connectivity index (χ1n) is 8.33. The predicted octanol–water partition coefficient (Wildman–Crippen LogP) is 3.03. The van der Waals surface area contributed by atoms with Gasteiger partial charge in [-0.1, -0.05) is 11.6 Å². The van der Waals surface area contributed by atoms with Crippen molar-refractivity contribution in [2.24, 2.45) is 7.05 Å². The van der Waals surface area contributed by atoms with Crippen LogP contribution >= 0.6 is 11.6 Å². The molecule has 134 valence electrons. The topological polar surface area (TPSA) is 65.4 Å². The Morgan fingerprint density at radius 1 is 1.52 bits per heavy atom. The fraction of sp³-hybridized carbons (Fsp3) is 0.444. The van der Waals surface area contributed by atoms with Crippen LogP contribution < -0.4 is 14.8 Å². The summed E-state index contributed by atoms with van der Waals surface area (Å²) in [6.45, 7) is 6.62. The van der Waals surface area contributed by atoms with Crippen molar-refractivity contribution in [3.05, 3.63) is 39.7 Å². The molecule has 25 heavy (non-hydrogen) atoms. The van der Waals surface area contributed by atoms with Crippen LogP contribution in [0.2, 0.25) is 5.15 Å². The SMILES string of the molecule is CCOc1cc2c(cc1CNC(=O)c1c(C)nn(C)c1Cl)O[C@@H](C)C2. The van der Waals surface area contributed by atoms with Crippen molar-refractivity contribution in [2.45, 2.75) is 39.8 Å². The van der Waals surface area contributed by atoms with E-state index in [1.165, 1.54) is 4.68 Å². The molecule has 1 aromatic heterocycles. The summed E-state index contributed by atoms with van der Waals surface area (Å²) in [5, 5.41) is 7.39. The maximum atomic E-state index is 12.5. The molecule has 0 saturated heterocycles. The van der Waals surface area contributed by atoms with Gasteiger partial charge in [0, 0.05) is 31.1 Å². The van der Waals surface area contributed by atoms with Gasteiger partial charge in [0.15, 0.2) is 0 Å². The number of benzene rings is 1. The molecule has 0 aliphatic carbocycles. The van der Waals surface area contributed by atoms with E-state index in [0.717, 1.165) is 29.0 Å². The summed E-state index contributed by atoms with van der Waals surface area (Å²) in [5.74, 6) is 1.37. The van der Waals surface area contributed by atoms with E-state index >= 15 is 0 Å². The predicted molar refractivity (Wildman–Crippen MR) is 95.5 cm³/mol. The number of carbonyl (C=O) groups excluding carboxylic acids is 1. The molecule has 0 unspecified atom stereocenters. The van der Waals surface area contributed by atoms with Gasteiger partial charge < -0.3 is 14.8 Å². The second kappa shape index (κ2) is 6.96. The highest BCUT2D eigenvalue weighted by Crippen LogP contribution is 2.35. The minimum Gasteiger partial charge on any atom is -0.494 e. The molecule has 0 spiro atoms. The number of aryl methyl sites for hydroxylation is 2. The molecular formula is C18H22ClN3O3. The third-order valence-electron chi connectivity index (χ3n) is 4.20. The Bertz CT molecular complexity index is 816. The fourth-order valence-corrected chi connectivity index (χ4v) is 3.32. The van der Waals surface area contributed by atoms with Gasteiger partial charge in [0.05, 0.1) is 17.9 Å². The lowest BCUT2D eigenvalue weighted by atomic mass is 10.1. The lowest BCUT2D eigenvalue weighted by Crippen LogP contribution is -2.24. The zero-order valence-corrected chi connectivity index (χ0v) is 15.6. The van der Waals surface area contributed by atoms with E-state index in [1.807, 2.05) is 26.0 Å². The second-order valence-electron chi connectivity index (χ2n) is 6.19. The molecule has 1 aliphatic rings. The molecule has 0 bridgehead atoms. The molecule has 1 aromatic carbocycles. The van der Waals surface area contributed by atoms with Crippen molar-refractivity contribution in [2.75, 3.05) is 6.61 Å². The van der Waals surface area contributed by atoms with Gasteiger partial charge in [-0.2, -0.15) is 5.10 Å². The number of aromatic nitrogens is 2. The molecule has 2 aromatic rings. The third-order valence-corrected chi connectivity index (χ3v) is 4.63. The van der Waals surface area contributed by atoms with E-state index in [1.54, 1.807) is 14.0 Å². The van der Waals surface area contributed by atoms with Crippen LogP contribution in [-0.2, 0) is 20.0 Å². The molecule has 2 heterocycles. The van der Waals surface area contributed by atoms with Gasteiger partial charge >= 0.3 is 0 Å². The van der Waals surface area contributed by atoms with Gasteiger partial charge in [-0.3, -0.25) is 9.48 Å². The largest absolute Gasteiger partial charge is 0.494 e. The molecule has 3 rings (SSSR count). The highest BCUT2D eigenvalue weighted by molar-refractivity contribution is 6.33. The van der Waals surface area contributed by atoms with E-state index < -0.39 is 0 Å². The Balaban J connectivity index is 1.80. The van der Waals surface area contributed by atoms with E-state index in [-0.39, 0.29) is 12.0 Å². The number of rotatable bonds is 5. The maximum absolute atomic E-state index is 12.5. The number of nitrogens with zero attached hydrogens (tertiary/aromatic N) is 2. The lowest BCUT2D eigenvalue weighted by molar-refractivity contribution is 0.0950. The first-order chi connectivity index (χ1) is 11.9. The Morgan fingerprint density at radius 3 is 2.92 bits per heavy atom. The highest BCUT2D eigenvalue weighted by atomic mass is 35.5. The Kier molecular flexibility index (Phi) is 4.90. The Hall–Kier alpha value is -2.21. The van der Waals surface area contributed by atoms with Crippen molar-refractivity contribution in [3.63, 3.8) is 0 Å². The molecule has 0 saturated carbocycles. The minimum atomic E-state index is -0.257. The normalized spacial score (nSPS) is 15.6. The van der Waals surface area contributed by atoms with E-state index in [4.69, 9.17) is 21.1 Å². The van der Waals surface area contributed by atoms with Crippen molar-refractivity contribution in [3.8, 4) is 11.5 Å². The van der Waals surface area contributed by atoms with Gasteiger partial charge in [-0.15, -0.1) is 0 Å². The fourth-order valence-electron chi connectivity index (χ4n) is 3.06. The standard InChI is InChI=1S/C18H22ClN3O3/c1-5-24-14-7-12-6-10(2)25-15(12)8-13(14)9-20-18(23)16-11(3)21-22(4)17(16)19/h7-8,10H,5-6,9H2,1-4H3,(H,20,23)/t10-/m0/s1. The summed E-state index contributed by atoms with van der Waals surface area (Å²) in [4.78, 5) is 12.5. The third kappa shape index (κ3) is 3.44. The zero-order valence-electron chi connectivity index (χ0n) is 14.9. The van der Waals surface area contributed by atoms with Crippen LogP contribution in [0.3, 0.4) is 0 Å². The average Bonchev–Trinajstić information content (AvgIpc) is 3.03. The number of ether oxygens (including phenoxy) is 2. The Labute approximate surface area is 152 Å². The molecule has 0 radical (unpaired) electrons. The molecule has 1 amide bonds. The van der Waals surface area contributed by atoms with Crippen LogP contribution in [0, 0.1) is 6.92 Å². The molecule has 6 nitrogen and oxygen atoms in total.